The van der Waals surface area contributed by atoms with Gasteiger partial charge in [0.1, 0.15) is 0 Å². The maximum Gasteiger partial charge on any atom is 0.234 e. The van der Waals surface area contributed by atoms with Gasteiger partial charge in [-0.25, -0.2) is 0 Å². The summed E-state index contributed by atoms with van der Waals surface area (Å²) in [5.74, 6) is -0.0961. The minimum absolute atomic E-state index is 0. The Morgan fingerprint density at radius 2 is 2.19 bits per heavy atom. The third kappa shape index (κ3) is 11.7. The lowest BCUT2D eigenvalue weighted by atomic mass is 10.2. The molecule has 0 aromatic carbocycles. The predicted molar refractivity (Wildman–Crippen MR) is 65.9 cm³/mol. The van der Waals surface area contributed by atoms with Crippen LogP contribution in [0.5, 0.6) is 0 Å². The fraction of sp³-hybridized carbons (Fsp3) is 0.900. The van der Waals surface area contributed by atoms with Crippen molar-refractivity contribution < 1.29 is 14.6 Å². The molecule has 1 amide bonds. The Labute approximate surface area is 103 Å². The second-order valence-electron chi connectivity index (χ2n) is 3.42. The Morgan fingerprint density at radius 3 is 2.75 bits per heavy atom. The molecule has 0 bridgehead atoms. The lowest BCUT2D eigenvalue weighted by molar-refractivity contribution is -0.120. The van der Waals surface area contributed by atoms with E-state index in [0.717, 1.165) is 12.8 Å². The van der Waals surface area contributed by atoms with Gasteiger partial charge in [-0.2, -0.15) is 0 Å². The van der Waals surface area contributed by atoms with Gasteiger partial charge in [-0.1, -0.05) is 13.3 Å². The maximum atomic E-state index is 11.2. The number of aliphatic hydroxyl groups is 1. The fourth-order valence-electron chi connectivity index (χ4n) is 1.11. The van der Waals surface area contributed by atoms with E-state index in [4.69, 9.17) is 4.74 Å². The number of rotatable bonds is 9. The Hall–Kier alpha value is -0.360. The molecule has 0 spiro atoms. The van der Waals surface area contributed by atoms with Crippen LogP contribution in [0.25, 0.3) is 0 Å². The quantitative estimate of drug-likeness (QED) is 0.504. The van der Waals surface area contributed by atoms with E-state index < -0.39 is 6.10 Å². The van der Waals surface area contributed by atoms with E-state index in [1.54, 1.807) is 7.11 Å². The summed E-state index contributed by atoms with van der Waals surface area (Å²) in [4.78, 5) is 11.2. The van der Waals surface area contributed by atoms with Gasteiger partial charge in [-0.05, 0) is 6.42 Å². The summed E-state index contributed by atoms with van der Waals surface area (Å²) < 4.78 is 4.82. The van der Waals surface area contributed by atoms with E-state index in [-0.39, 0.29) is 24.9 Å². The van der Waals surface area contributed by atoms with E-state index in [0.29, 0.717) is 19.7 Å². The maximum absolute atomic E-state index is 11.2. The number of halogens is 1. The zero-order valence-electron chi connectivity index (χ0n) is 9.99. The molecule has 3 N–H and O–H groups in total. The Morgan fingerprint density at radius 1 is 1.50 bits per heavy atom. The number of carbonyl (C=O) groups is 1. The number of ether oxygens (including phenoxy) is 1. The lowest BCUT2D eigenvalue weighted by Gasteiger charge is -2.10. The van der Waals surface area contributed by atoms with Gasteiger partial charge >= 0.3 is 0 Å². The van der Waals surface area contributed by atoms with E-state index >= 15 is 0 Å². The van der Waals surface area contributed by atoms with Gasteiger partial charge in [0, 0.05) is 20.2 Å². The van der Waals surface area contributed by atoms with Crippen molar-refractivity contribution in [1.82, 2.24) is 10.6 Å². The summed E-state index contributed by atoms with van der Waals surface area (Å²) in [7, 11) is 1.61. The van der Waals surface area contributed by atoms with E-state index in [2.05, 4.69) is 10.6 Å². The minimum atomic E-state index is -0.432. The Bertz CT molecular complexity index is 170. The summed E-state index contributed by atoms with van der Waals surface area (Å²) in [6.07, 6.45) is 1.21. The van der Waals surface area contributed by atoms with Crippen molar-refractivity contribution in [3.8, 4) is 0 Å². The van der Waals surface area contributed by atoms with Crippen molar-refractivity contribution in [3.05, 3.63) is 0 Å². The van der Waals surface area contributed by atoms with Crippen molar-refractivity contribution >= 4 is 18.3 Å². The highest BCUT2D eigenvalue weighted by atomic mass is 35.5. The molecule has 0 aromatic heterocycles. The van der Waals surface area contributed by atoms with E-state index in [9.17, 15) is 9.90 Å². The topological polar surface area (TPSA) is 70.6 Å². The van der Waals surface area contributed by atoms with Crippen LogP contribution in [0.2, 0.25) is 0 Å². The molecule has 0 aromatic rings. The zero-order chi connectivity index (χ0) is 11.5. The minimum Gasteiger partial charge on any atom is -0.391 e. The molecular formula is C10H23ClN2O3. The molecule has 0 rings (SSSR count). The summed E-state index contributed by atoms with van der Waals surface area (Å²) in [5.41, 5.74) is 0. The molecule has 6 heteroatoms. The first-order valence-electron chi connectivity index (χ1n) is 5.35. The summed E-state index contributed by atoms with van der Waals surface area (Å²) in [5, 5.41) is 14.9. The first-order valence-corrected chi connectivity index (χ1v) is 5.35. The Kier molecular flexibility index (Phi) is 14.3. The van der Waals surface area contributed by atoms with Crippen LogP contribution in [0.3, 0.4) is 0 Å². The monoisotopic (exact) mass is 254 g/mol. The first kappa shape index (κ1) is 18.0. The molecule has 0 radical (unpaired) electrons. The summed E-state index contributed by atoms with van der Waals surface area (Å²) in [6.45, 7) is 3.84. The number of methoxy groups -OCH3 is 1. The fourth-order valence-corrected chi connectivity index (χ4v) is 1.11. The standard InChI is InChI=1S/C10H22N2O3.ClH/c1-3-4-9(13)7-12-10(14)8-11-5-6-15-2;/h9,11,13H,3-8H2,1-2H3,(H,12,14);1H. The van der Waals surface area contributed by atoms with Gasteiger partial charge in [0.15, 0.2) is 0 Å². The highest BCUT2D eigenvalue weighted by Gasteiger charge is 2.05. The molecule has 0 heterocycles. The van der Waals surface area contributed by atoms with Gasteiger partial charge in [0.2, 0.25) is 5.91 Å². The third-order valence-corrected chi connectivity index (χ3v) is 1.93. The number of carbonyl (C=O) groups excluding carboxylic acids is 1. The van der Waals surface area contributed by atoms with Crippen LogP contribution in [0.1, 0.15) is 19.8 Å². The summed E-state index contributed by atoms with van der Waals surface area (Å²) >= 11 is 0. The second-order valence-corrected chi connectivity index (χ2v) is 3.42. The molecule has 0 aliphatic rings. The van der Waals surface area contributed by atoms with E-state index in [1.165, 1.54) is 0 Å². The highest BCUT2D eigenvalue weighted by Crippen LogP contribution is 1.93. The van der Waals surface area contributed by atoms with Crippen LogP contribution in [0.15, 0.2) is 0 Å². The molecule has 0 aliphatic carbocycles. The van der Waals surface area contributed by atoms with Crippen molar-refractivity contribution in [2.75, 3.05) is 33.4 Å². The highest BCUT2D eigenvalue weighted by molar-refractivity contribution is 5.85. The van der Waals surface area contributed by atoms with Gasteiger partial charge in [-0.3, -0.25) is 4.79 Å². The lowest BCUT2D eigenvalue weighted by Crippen LogP contribution is -2.38. The molecule has 1 atom stereocenters. The van der Waals surface area contributed by atoms with Crippen LogP contribution in [0.4, 0.5) is 0 Å². The van der Waals surface area contributed by atoms with Crippen LogP contribution in [-0.2, 0) is 9.53 Å². The third-order valence-electron chi connectivity index (χ3n) is 1.93. The van der Waals surface area contributed by atoms with E-state index in [1.807, 2.05) is 6.92 Å². The molecular weight excluding hydrogens is 232 g/mol. The largest absolute Gasteiger partial charge is 0.391 e. The molecule has 16 heavy (non-hydrogen) atoms. The van der Waals surface area contributed by atoms with Crippen LogP contribution < -0.4 is 10.6 Å². The van der Waals surface area contributed by atoms with Gasteiger partial charge in [-0.15, -0.1) is 12.4 Å². The number of nitrogens with one attached hydrogen (secondary N) is 2. The van der Waals surface area contributed by atoms with Crippen molar-refractivity contribution in [2.45, 2.75) is 25.9 Å². The Balaban J connectivity index is 0. The molecule has 5 nitrogen and oxygen atoms in total. The van der Waals surface area contributed by atoms with Gasteiger partial charge < -0.3 is 20.5 Å². The van der Waals surface area contributed by atoms with Crippen LogP contribution >= 0.6 is 12.4 Å². The predicted octanol–water partition coefficient (Wildman–Crippen LogP) is -0.0786. The van der Waals surface area contributed by atoms with Crippen LogP contribution in [-0.4, -0.2) is 50.5 Å². The number of hydrogen-bond donors (Lipinski definition) is 3. The molecule has 0 saturated carbocycles. The number of hydrogen-bond acceptors (Lipinski definition) is 4. The van der Waals surface area contributed by atoms with Crippen molar-refractivity contribution in [1.29, 1.82) is 0 Å². The first-order chi connectivity index (χ1) is 7.20. The smallest absolute Gasteiger partial charge is 0.234 e. The van der Waals surface area contributed by atoms with Crippen molar-refractivity contribution in [3.63, 3.8) is 0 Å². The molecule has 0 fully saturated rings. The van der Waals surface area contributed by atoms with Gasteiger partial charge in [0.25, 0.3) is 0 Å². The molecule has 1 unspecified atom stereocenters. The molecule has 0 saturated heterocycles. The normalized spacial score (nSPS) is 11.7. The second kappa shape index (κ2) is 12.7. The molecule has 98 valence electrons. The molecule has 0 aliphatic heterocycles. The average Bonchev–Trinajstić information content (AvgIpc) is 2.22. The average molecular weight is 255 g/mol. The van der Waals surface area contributed by atoms with Crippen molar-refractivity contribution in [2.24, 2.45) is 0 Å². The zero-order valence-corrected chi connectivity index (χ0v) is 10.8. The summed E-state index contributed by atoms with van der Waals surface area (Å²) in [6, 6.07) is 0. The number of aliphatic hydroxyl groups excluding tert-OH is 1. The van der Waals surface area contributed by atoms with Crippen LogP contribution in [0, 0.1) is 0 Å². The van der Waals surface area contributed by atoms with Gasteiger partial charge in [0.05, 0.1) is 19.3 Å². The number of amides is 1. The SMILES string of the molecule is CCCC(O)CNC(=O)CNCCOC.Cl.